The first-order valence-electron chi connectivity index (χ1n) is 10.6. The van der Waals surface area contributed by atoms with Crippen LogP contribution in [0.3, 0.4) is 0 Å². The number of sulfonamides is 1. The first-order chi connectivity index (χ1) is 15.4. The van der Waals surface area contributed by atoms with Crippen molar-refractivity contribution >= 4 is 37.5 Å². The molecule has 2 N–H and O–H groups in total. The Hall–Kier alpha value is -2.47. The molecule has 0 aromatic heterocycles. The van der Waals surface area contributed by atoms with Crippen LogP contribution in [0.25, 0.3) is 0 Å². The number of rotatable bonds is 7. The molecule has 9 nitrogen and oxygen atoms in total. The number of aryl methyl sites for hydroxylation is 2. The van der Waals surface area contributed by atoms with E-state index in [1.807, 2.05) is 19.9 Å². The number of hydrogen-bond acceptors (Lipinski definition) is 5. The maximum Gasteiger partial charge on any atom is 0.281 e. The Bertz CT molecular complexity index is 1230. The highest BCUT2D eigenvalue weighted by Gasteiger charge is 2.33. The van der Waals surface area contributed by atoms with Gasteiger partial charge >= 0.3 is 0 Å². The van der Waals surface area contributed by atoms with Crippen molar-refractivity contribution in [3.8, 4) is 0 Å². The van der Waals surface area contributed by atoms with Crippen LogP contribution in [0.2, 0.25) is 0 Å². The number of anilines is 2. The Balaban J connectivity index is 1.66. The van der Waals surface area contributed by atoms with Crippen molar-refractivity contribution in [1.29, 1.82) is 0 Å². The number of hydrogen-bond donors (Lipinski definition) is 2. The summed E-state index contributed by atoms with van der Waals surface area (Å²) in [5.74, 6) is -0.777. The van der Waals surface area contributed by atoms with Crippen LogP contribution in [0.1, 0.15) is 24.0 Å². The molecule has 3 rings (SSSR count). The van der Waals surface area contributed by atoms with Crippen LogP contribution in [0.15, 0.2) is 47.4 Å². The van der Waals surface area contributed by atoms with Crippen molar-refractivity contribution < 1.29 is 21.6 Å². The SMILES string of the molecule is Cc1ccc(NS(=O)(=O)c2ccc(NC(=O)C3CCCN(S(=O)(=O)N(C)C)C3)cc2)cc1C. The highest BCUT2D eigenvalue weighted by Crippen LogP contribution is 2.23. The third-order valence-electron chi connectivity index (χ3n) is 5.73. The molecule has 1 amide bonds. The molecular weight excluding hydrogens is 464 g/mol. The maximum absolute atomic E-state index is 12.7. The quantitative estimate of drug-likeness (QED) is 0.614. The molecule has 0 aliphatic carbocycles. The second-order valence-corrected chi connectivity index (χ2v) is 12.2. The Labute approximate surface area is 196 Å². The van der Waals surface area contributed by atoms with E-state index in [0.717, 1.165) is 15.4 Å². The van der Waals surface area contributed by atoms with Gasteiger partial charge in [0.25, 0.3) is 20.2 Å². The molecule has 1 aliphatic heterocycles. The van der Waals surface area contributed by atoms with Crippen LogP contribution in [0.4, 0.5) is 11.4 Å². The zero-order valence-electron chi connectivity index (χ0n) is 19.2. The van der Waals surface area contributed by atoms with Gasteiger partial charge in [0, 0.05) is 38.6 Å². The Morgan fingerprint density at radius 1 is 0.970 bits per heavy atom. The van der Waals surface area contributed by atoms with Crippen LogP contribution in [-0.4, -0.2) is 58.5 Å². The second kappa shape index (κ2) is 9.80. The number of amides is 1. The highest BCUT2D eigenvalue weighted by atomic mass is 32.2. The lowest BCUT2D eigenvalue weighted by atomic mass is 9.99. The van der Waals surface area contributed by atoms with Crippen molar-refractivity contribution in [1.82, 2.24) is 8.61 Å². The van der Waals surface area contributed by atoms with E-state index in [0.29, 0.717) is 30.8 Å². The van der Waals surface area contributed by atoms with Gasteiger partial charge in [0.2, 0.25) is 5.91 Å². The normalized spacial score (nSPS) is 17.7. The molecule has 2 aromatic carbocycles. The van der Waals surface area contributed by atoms with Crippen LogP contribution in [-0.2, 0) is 25.0 Å². The average molecular weight is 495 g/mol. The van der Waals surface area contributed by atoms with E-state index in [-0.39, 0.29) is 17.3 Å². The van der Waals surface area contributed by atoms with Crippen molar-refractivity contribution in [2.45, 2.75) is 31.6 Å². The van der Waals surface area contributed by atoms with Crippen molar-refractivity contribution in [3.63, 3.8) is 0 Å². The van der Waals surface area contributed by atoms with Crippen molar-refractivity contribution in [2.75, 3.05) is 37.2 Å². The monoisotopic (exact) mass is 494 g/mol. The first-order valence-corrected chi connectivity index (χ1v) is 13.5. The molecule has 1 unspecified atom stereocenters. The molecule has 1 heterocycles. The van der Waals surface area contributed by atoms with Crippen LogP contribution in [0.5, 0.6) is 0 Å². The fourth-order valence-corrected chi connectivity index (χ4v) is 5.82. The minimum absolute atomic E-state index is 0.0691. The van der Waals surface area contributed by atoms with Gasteiger partial charge in [-0.2, -0.15) is 17.0 Å². The summed E-state index contributed by atoms with van der Waals surface area (Å²) in [6.45, 7) is 4.35. The topological polar surface area (TPSA) is 116 Å². The summed E-state index contributed by atoms with van der Waals surface area (Å²) in [6, 6.07) is 11.2. The van der Waals surface area contributed by atoms with Gasteiger partial charge in [-0.25, -0.2) is 8.42 Å². The molecule has 1 aliphatic rings. The van der Waals surface area contributed by atoms with Gasteiger partial charge < -0.3 is 5.32 Å². The second-order valence-electron chi connectivity index (χ2n) is 8.41. The Kier molecular flexibility index (Phi) is 7.47. The predicted molar refractivity (Wildman–Crippen MR) is 129 cm³/mol. The van der Waals surface area contributed by atoms with Gasteiger partial charge in [0.15, 0.2) is 0 Å². The maximum atomic E-state index is 12.7. The Morgan fingerprint density at radius 3 is 2.21 bits per heavy atom. The third kappa shape index (κ3) is 5.91. The number of nitrogens with one attached hydrogen (secondary N) is 2. The zero-order valence-corrected chi connectivity index (χ0v) is 20.8. The molecule has 0 spiro atoms. The van der Waals surface area contributed by atoms with Crippen molar-refractivity contribution in [2.24, 2.45) is 5.92 Å². The molecule has 11 heteroatoms. The fraction of sp³-hybridized carbons (Fsp3) is 0.409. The number of carbonyl (C=O) groups is 1. The molecule has 2 aromatic rings. The molecule has 1 saturated heterocycles. The van der Waals surface area contributed by atoms with E-state index in [4.69, 9.17) is 0 Å². The molecule has 0 radical (unpaired) electrons. The molecule has 0 saturated carbocycles. The van der Waals surface area contributed by atoms with E-state index < -0.39 is 26.2 Å². The zero-order chi connectivity index (χ0) is 24.4. The largest absolute Gasteiger partial charge is 0.326 e. The number of nitrogens with zero attached hydrogens (tertiary/aromatic N) is 2. The molecule has 33 heavy (non-hydrogen) atoms. The minimum atomic E-state index is -3.78. The minimum Gasteiger partial charge on any atom is -0.326 e. The summed E-state index contributed by atoms with van der Waals surface area (Å²) in [5.41, 5.74) is 2.97. The standard InChI is InChI=1S/C22H30N4O5S2/c1-16-7-8-20(14-17(16)2)24-32(28,29)21-11-9-19(10-12-21)23-22(27)18-6-5-13-26(15-18)33(30,31)25(3)4/h7-12,14,18,24H,5-6,13,15H2,1-4H3,(H,23,27). The molecule has 0 bridgehead atoms. The predicted octanol–water partition coefficient (Wildman–Crippen LogP) is 2.56. The summed E-state index contributed by atoms with van der Waals surface area (Å²) in [4.78, 5) is 12.8. The number of piperidine rings is 1. The summed E-state index contributed by atoms with van der Waals surface area (Å²) >= 11 is 0. The molecular formula is C22H30N4O5S2. The molecule has 1 atom stereocenters. The van der Waals surface area contributed by atoms with Gasteiger partial charge in [0.1, 0.15) is 0 Å². The molecule has 180 valence electrons. The molecule has 1 fully saturated rings. The summed E-state index contributed by atoms with van der Waals surface area (Å²) in [6.07, 6.45) is 1.17. The van der Waals surface area contributed by atoms with E-state index >= 15 is 0 Å². The van der Waals surface area contributed by atoms with Gasteiger partial charge in [-0.15, -0.1) is 0 Å². The lowest BCUT2D eigenvalue weighted by Gasteiger charge is -2.32. The van der Waals surface area contributed by atoms with Crippen LogP contribution < -0.4 is 10.0 Å². The van der Waals surface area contributed by atoms with Gasteiger partial charge in [-0.05, 0) is 74.2 Å². The lowest BCUT2D eigenvalue weighted by Crippen LogP contribution is -2.47. The third-order valence-corrected chi connectivity index (χ3v) is 9.04. The summed E-state index contributed by atoms with van der Waals surface area (Å²) in [7, 11) is -4.44. The first kappa shape index (κ1) is 25.2. The van der Waals surface area contributed by atoms with E-state index in [2.05, 4.69) is 10.0 Å². The average Bonchev–Trinajstić information content (AvgIpc) is 2.76. The smallest absolute Gasteiger partial charge is 0.281 e. The van der Waals surface area contributed by atoms with Gasteiger partial charge in [0.05, 0.1) is 10.8 Å². The van der Waals surface area contributed by atoms with E-state index in [9.17, 15) is 21.6 Å². The number of benzene rings is 2. The summed E-state index contributed by atoms with van der Waals surface area (Å²) in [5, 5.41) is 2.77. The van der Waals surface area contributed by atoms with E-state index in [1.165, 1.54) is 42.7 Å². The van der Waals surface area contributed by atoms with Gasteiger partial charge in [-0.1, -0.05) is 6.07 Å². The van der Waals surface area contributed by atoms with Crippen molar-refractivity contribution in [3.05, 3.63) is 53.6 Å². The van der Waals surface area contributed by atoms with Crippen LogP contribution >= 0.6 is 0 Å². The highest BCUT2D eigenvalue weighted by molar-refractivity contribution is 7.92. The Morgan fingerprint density at radius 2 is 1.61 bits per heavy atom. The van der Waals surface area contributed by atoms with E-state index in [1.54, 1.807) is 12.1 Å². The number of carbonyl (C=O) groups excluding carboxylic acids is 1. The van der Waals surface area contributed by atoms with Gasteiger partial charge in [-0.3, -0.25) is 9.52 Å². The fourth-order valence-electron chi connectivity index (χ4n) is 3.58. The lowest BCUT2D eigenvalue weighted by molar-refractivity contribution is -0.120. The van der Waals surface area contributed by atoms with Crippen LogP contribution in [0, 0.1) is 19.8 Å². The summed E-state index contributed by atoms with van der Waals surface area (Å²) < 4.78 is 55.1.